The summed E-state index contributed by atoms with van der Waals surface area (Å²) >= 11 is 0. The smallest absolute Gasteiger partial charge is 0.269 e. The van der Waals surface area contributed by atoms with E-state index < -0.39 is 0 Å². The summed E-state index contributed by atoms with van der Waals surface area (Å²) in [4.78, 5) is 24.1. The number of nitrogens with zero attached hydrogens (tertiary/aromatic N) is 2. The van der Waals surface area contributed by atoms with Gasteiger partial charge >= 0.3 is 0 Å². The Labute approximate surface area is 141 Å². The summed E-state index contributed by atoms with van der Waals surface area (Å²) in [6, 6.07) is 9.99. The van der Waals surface area contributed by atoms with Gasteiger partial charge in [0, 0.05) is 26.2 Å². The van der Waals surface area contributed by atoms with Crippen LogP contribution < -0.4 is 10.6 Å². The van der Waals surface area contributed by atoms with E-state index in [1.54, 1.807) is 19.3 Å². The fraction of sp³-hybridized carbons (Fsp3) is 0.389. The fourth-order valence-electron chi connectivity index (χ4n) is 3.15. The lowest BCUT2D eigenvalue weighted by Crippen LogP contribution is -2.34. The van der Waals surface area contributed by atoms with Crippen molar-refractivity contribution >= 4 is 11.8 Å². The molecule has 1 aliphatic rings. The van der Waals surface area contributed by atoms with E-state index in [9.17, 15) is 9.59 Å². The van der Waals surface area contributed by atoms with Gasteiger partial charge in [-0.15, -0.1) is 0 Å². The number of benzene rings is 1. The summed E-state index contributed by atoms with van der Waals surface area (Å²) in [5.41, 5.74) is 3.02. The summed E-state index contributed by atoms with van der Waals surface area (Å²) in [6.45, 7) is 0.310. The predicted molar refractivity (Wildman–Crippen MR) is 90.4 cm³/mol. The minimum absolute atomic E-state index is 0.0398. The van der Waals surface area contributed by atoms with Gasteiger partial charge in [0.1, 0.15) is 5.69 Å². The minimum Gasteiger partial charge on any atom is -0.350 e. The van der Waals surface area contributed by atoms with Crippen molar-refractivity contribution in [3.63, 3.8) is 0 Å². The molecule has 1 heterocycles. The maximum Gasteiger partial charge on any atom is 0.269 e. The van der Waals surface area contributed by atoms with Crippen molar-refractivity contribution in [2.24, 2.45) is 7.05 Å². The van der Waals surface area contributed by atoms with E-state index in [1.165, 1.54) is 15.8 Å². The molecule has 1 aliphatic carbocycles. The molecule has 2 aromatic rings. The predicted octanol–water partition coefficient (Wildman–Crippen LogP) is 1.73. The molecule has 0 saturated heterocycles. The molecule has 0 aliphatic heterocycles. The average Bonchev–Trinajstić information content (AvgIpc) is 3.01. The molecule has 1 aromatic carbocycles. The van der Waals surface area contributed by atoms with Gasteiger partial charge in [-0.2, -0.15) is 5.10 Å². The zero-order chi connectivity index (χ0) is 16.9. The topological polar surface area (TPSA) is 76.0 Å². The number of rotatable bonds is 5. The van der Waals surface area contributed by atoms with Crippen LogP contribution in [0, 0.1) is 0 Å². The summed E-state index contributed by atoms with van der Waals surface area (Å²) in [7, 11) is 1.71. The molecule has 0 unspecified atom stereocenters. The molecule has 0 saturated carbocycles. The first-order chi connectivity index (χ1) is 11.6. The second kappa shape index (κ2) is 7.29. The second-order valence-corrected chi connectivity index (χ2v) is 6.06. The first-order valence-corrected chi connectivity index (χ1v) is 8.28. The van der Waals surface area contributed by atoms with E-state index >= 15 is 0 Å². The van der Waals surface area contributed by atoms with Crippen LogP contribution in [0.1, 0.15) is 46.9 Å². The van der Waals surface area contributed by atoms with E-state index in [0.29, 0.717) is 12.2 Å². The van der Waals surface area contributed by atoms with Crippen LogP contribution in [0.4, 0.5) is 0 Å². The Morgan fingerprint density at radius 2 is 2.12 bits per heavy atom. The Bertz CT molecular complexity index is 738. The van der Waals surface area contributed by atoms with Crippen molar-refractivity contribution in [2.45, 2.75) is 31.7 Å². The van der Waals surface area contributed by atoms with Gasteiger partial charge in [0.25, 0.3) is 5.91 Å². The highest BCUT2D eigenvalue weighted by Crippen LogP contribution is 2.29. The molecule has 3 rings (SSSR count). The summed E-state index contributed by atoms with van der Waals surface area (Å²) in [5, 5.41) is 9.80. The van der Waals surface area contributed by atoms with Crippen LogP contribution in [0.3, 0.4) is 0 Å². The molecule has 1 atom stereocenters. The Balaban J connectivity index is 1.49. The van der Waals surface area contributed by atoms with Crippen LogP contribution in [0.2, 0.25) is 0 Å². The Morgan fingerprint density at radius 3 is 2.92 bits per heavy atom. The first kappa shape index (κ1) is 16.2. The lowest BCUT2D eigenvalue weighted by Gasteiger charge is -2.26. The van der Waals surface area contributed by atoms with Crippen LogP contribution >= 0.6 is 0 Å². The molecule has 2 N–H and O–H groups in total. The number of aromatic nitrogens is 2. The summed E-state index contributed by atoms with van der Waals surface area (Å²) in [6.07, 6.45) is 4.96. The molecule has 6 nitrogen and oxygen atoms in total. The quantitative estimate of drug-likeness (QED) is 0.878. The van der Waals surface area contributed by atoms with E-state index in [1.807, 2.05) is 12.1 Å². The van der Waals surface area contributed by atoms with Gasteiger partial charge in [-0.25, -0.2) is 0 Å². The summed E-state index contributed by atoms with van der Waals surface area (Å²) in [5.74, 6) is -0.257. The van der Waals surface area contributed by atoms with Gasteiger partial charge in [-0.05, 0) is 36.5 Å². The highest BCUT2D eigenvalue weighted by molar-refractivity contribution is 5.92. The molecule has 0 fully saturated rings. The molecule has 6 heteroatoms. The van der Waals surface area contributed by atoms with Gasteiger partial charge in [0.2, 0.25) is 5.91 Å². The third-order valence-corrected chi connectivity index (χ3v) is 4.40. The van der Waals surface area contributed by atoms with Crippen LogP contribution in [-0.4, -0.2) is 28.1 Å². The maximum absolute atomic E-state index is 12.2. The van der Waals surface area contributed by atoms with Gasteiger partial charge in [0.05, 0.1) is 6.04 Å². The Morgan fingerprint density at radius 1 is 1.29 bits per heavy atom. The molecule has 126 valence electrons. The standard InChI is InChI=1S/C18H22N4O2/c1-22-16(9-12-20-22)18(24)19-11-10-17(23)21-15-8-4-6-13-5-2-3-7-14(13)15/h2-3,5,7,9,12,15H,4,6,8,10-11H2,1H3,(H,19,24)(H,21,23)/t15-/m1/s1. The number of carbonyl (C=O) groups excluding carboxylic acids is 2. The van der Waals surface area contributed by atoms with Crippen LogP contribution in [0.15, 0.2) is 36.5 Å². The van der Waals surface area contributed by atoms with Crippen LogP contribution in [0.5, 0.6) is 0 Å². The highest BCUT2D eigenvalue weighted by Gasteiger charge is 2.21. The Kier molecular flexibility index (Phi) is 4.93. The zero-order valence-corrected chi connectivity index (χ0v) is 13.8. The lowest BCUT2D eigenvalue weighted by atomic mass is 9.88. The fourth-order valence-corrected chi connectivity index (χ4v) is 3.15. The Hall–Kier alpha value is -2.63. The second-order valence-electron chi connectivity index (χ2n) is 6.06. The van der Waals surface area contributed by atoms with Crippen molar-refractivity contribution in [3.05, 3.63) is 53.3 Å². The number of amides is 2. The number of nitrogens with one attached hydrogen (secondary N) is 2. The van der Waals surface area contributed by atoms with Crippen molar-refractivity contribution < 1.29 is 9.59 Å². The van der Waals surface area contributed by atoms with Crippen molar-refractivity contribution in [1.29, 1.82) is 0 Å². The molecule has 24 heavy (non-hydrogen) atoms. The molecule has 0 spiro atoms. The van der Waals surface area contributed by atoms with E-state index in [4.69, 9.17) is 0 Å². The number of hydrogen-bond donors (Lipinski definition) is 2. The molecular weight excluding hydrogens is 304 g/mol. The van der Waals surface area contributed by atoms with Gasteiger partial charge < -0.3 is 10.6 Å². The van der Waals surface area contributed by atoms with Crippen molar-refractivity contribution in [3.8, 4) is 0 Å². The van der Waals surface area contributed by atoms with E-state index in [-0.39, 0.29) is 24.3 Å². The molecule has 1 aromatic heterocycles. The monoisotopic (exact) mass is 326 g/mol. The third-order valence-electron chi connectivity index (χ3n) is 4.40. The molecular formula is C18H22N4O2. The normalized spacial score (nSPS) is 16.3. The highest BCUT2D eigenvalue weighted by atomic mass is 16.2. The molecule has 0 radical (unpaired) electrons. The van der Waals surface area contributed by atoms with Gasteiger partial charge in [-0.1, -0.05) is 24.3 Å². The summed E-state index contributed by atoms with van der Waals surface area (Å²) < 4.78 is 1.51. The SMILES string of the molecule is Cn1nccc1C(=O)NCCC(=O)N[C@@H]1CCCc2ccccc21. The van der Waals surface area contributed by atoms with E-state index in [2.05, 4.69) is 27.9 Å². The largest absolute Gasteiger partial charge is 0.350 e. The van der Waals surface area contributed by atoms with Crippen molar-refractivity contribution in [1.82, 2.24) is 20.4 Å². The third kappa shape index (κ3) is 3.64. The number of hydrogen-bond acceptors (Lipinski definition) is 3. The number of fused-ring (bicyclic) bond motifs is 1. The molecule has 0 bridgehead atoms. The van der Waals surface area contributed by atoms with Gasteiger partial charge in [-0.3, -0.25) is 14.3 Å². The van der Waals surface area contributed by atoms with Crippen LogP contribution in [0.25, 0.3) is 0 Å². The van der Waals surface area contributed by atoms with Crippen molar-refractivity contribution in [2.75, 3.05) is 6.54 Å². The average molecular weight is 326 g/mol. The first-order valence-electron chi connectivity index (χ1n) is 8.28. The lowest BCUT2D eigenvalue weighted by molar-refractivity contribution is -0.121. The van der Waals surface area contributed by atoms with Gasteiger partial charge in [0.15, 0.2) is 0 Å². The van der Waals surface area contributed by atoms with E-state index in [0.717, 1.165) is 19.3 Å². The van der Waals surface area contributed by atoms with Crippen LogP contribution in [-0.2, 0) is 18.3 Å². The minimum atomic E-state index is -0.217. The maximum atomic E-state index is 12.2. The number of carbonyl (C=O) groups is 2. The number of aryl methyl sites for hydroxylation is 2. The molecule has 2 amide bonds. The zero-order valence-electron chi connectivity index (χ0n) is 13.8.